The highest BCUT2D eigenvalue weighted by Gasteiger charge is 2.24. The average molecular weight is 281 g/mol. The standard InChI is InChI=1S/C16H31N3O/c1-3-9-18-10-12-19(13-11-18)14-16(20)17(2)15-7-5-4-6-8-15/h15H,3-14H2,1-2H3. The summed E-state index contributed by atoms with van der Waals surface area (Å²) in [5.41, 5.74) is 0. The third-order valence-corrected chi connectivity index (χ3v) is 4.88. The molecule has 20 heavy (non-hydrogen) atoms. The molecular formula is C16H31N3O. The van der Waals surface area contributed by atoms with E-state index in [0.29, 0.717) is 18.5 Å². The van der Waals surface area contributed by atoms with Crippen molar-refractivity contribution in [3.63, 3.8) is 0 Å². The molecule has 1 saturated heterocycles. The molecule has 0 aromatic rings. The predicted octanol–water partition coefficient (Wildman–Crippen LogP) is 1.81. The Hall–Kier alpha value is -0.610. The molecule has 1 heterocycles. The molecule has 2 aliphatic rings. The molecule has 0 spiro atoms. The number of nitrogens with zero attached hydrogens (tertiary/aromatic N) is 3. The van der Waals surface area contributed by atoms with Gasteiger partial charge in [-0.15, -0.1) is 0 Å². The number of piperazine rings is 1. The van der Waals surface area contributed by atoms with E-state index < -0.39 is 0 Å². The van der Waals surface area contributed by atoms with Crippen LogP contribution in [-0.4, -0.2) is 73.0 Å². The first-order chi connectivity index (χ1) is 9.70. The van der Waals surface area contributed by atoms with E-state index in [0.717, 1.165) is 26.2 Å². The molecule has 1 amide bonds. The molecule has 0 N–H and O–H groups in total. The molecule has 1 aliphatic carbocycles. The number of amides is 1. The zero-order chi connectivity index (χ0) is 14.4. The molecule has 0 radical (unpaired) electrons. The molecule has 116 valence electrons. The van der Waals surface area contributed by atoms with Gasteiger partial charge in [-0.1, -0.05) is 26.2 Å². The van der Waals surface area contributed by atoms with E-state index in [-0.39, 0.29) is 0 Å². The van der Waals surface area contributed by atoms with Crippen molar-refractivity contribution in [3.8, 4) is 0 Å². The topological polar surface area (TPSA) is 26.8 Å². The van der Waals surface area contributed by atoms with Gasteiger partial charge in [-0.25, -0.2) is 0 Å². The van der Waals surface area contributed by atoms with Crippen molar-refractivity contribution in [1.82, 2.24) is 14.7 Å². The minimum atomic E-state index is 0.320. The van der Waals surface area contributed by atoms with Crippen molar-refractivity contribution in [3.05, 3.63) is 0 Å². The van der Waals surface area contributed by atoms with Gasteiger partial charge < -0.3 is 9.80 Å². The number of hydrogen-bond donors (Lipinski definition) is 0. The minimum Gasteiger partial charge on any atom is -0.342 e. The Morgan fingerprint density at radius 2 is 1.65 bits per heavy atom. The van der Waals surface area contributed by atoms with Gasteiger partial charge in [0.25, 0.3) is 0 Å². The van der Waals surface area contributed by atoms with Crippen molar-refractivity contribution in [2.45, 2.75) is 51.5 Å². The summed E-state index contributed by atoms with van der Waals surface area (Å²) in [5.74, 6) is 0.320. The fourth-order valence-corrected chi connectivity index (χ4v) is 3.46. The predicted molar refractivity (Wildman–Crippen MR) is 82.8 cm³/mol. The van der Waals surface area contributed by atoms with E-state index in [4.69, 9.17) is 0 Å². The molecule has 0 aromatic carbocycles. The van der Waals surface area contributed by atoms with Crippen LogP contribution in [0, 0.1) is 0 Å². The normalized spacial score (nSPS) is 22.9. The SMILES string of the molecule is CCCN1CCN(CC(=O)N(C)C2CCCCC2)CC1. The van der Waals surface area contributed by atoms with Crippen molar-refractivity contribution in [2.24, 2.45) is 0 Å². The summed E-state index contributed by atoms with van der Waals surface area (Å²) < 4.78 is 0. The maximum absolute atomic E-state index is 12.4. The Balaban J connectivity index is 1.71. The average Bonchev–Trinajstić information content (AvgIpc) is 2.49. The van der Waals surface area contributed by atoms with Gasteiger partial charge in [0.05, 0.1) is 6.54 Å². The molecule has 0 atom stereocenters. The third kappa shape index (κ3) is 4.45. The van der Waals surface area contributed by atoms with Gasteiger partial charge in [0.2, 0.25) is 5.91 Å². The Morgan fingerprint density at radius 1 is 1.05 bits per heavy atom. The molecule has 1 aliphatic heterocycles. The smallest absolute Gasteiger partial charge is 0.236 e. The van der Waals surface area contributed by atoms with Crippen LogP contribution in [-0.2, 0) is 4.79 Å². The quantitative estimate of drug-likeness (QED) is 0.769. The van der Waals surface area contributed by atoms with Crippen LogP contribution in [0.15, 0.2) is 0 Å². The summed E-state index contributed by atoms with van der Waals surface area (Å²) in [7, 11) is 2.01. The van der Waals surface area contributed by atoms with Crippen LogP contribution in [0.1, 0.15) is 45.4 Å². The van der Waals surface area contributed by atoms with E-state index >= 15 is 0 Å². The lowest BCUT2D eigenvalue weighted by molar-refractivity contribution is -0.134. The monoisotopic (exact) mass is 281 g/mol. The number of hydrogen-bond acceptors (Lipinski definition) is 3. The molecule has 2 fully saturated rings. The summed E-state index contributed by atoms with van der Waals surface area (Å²) in [6, 6.07) is 0.498. The third-order valence-electron chi connectivity index (χ3n) is 4.88. The Morgan fingerprint density at radius 3 is 2.25 bits per heavy atom. The fraction of sp³-hybridized carbons (Fsp3) is 0.938. The summed E-state index contributed by atoms with van der Waals surface area (Å²) >= 11 is 0. The first kappa shape index (κ1) is 15.8. The Labute approximate surface area is 124 Å². The van der Waals surface area contributed by atoms with Gasteiger partial charge in [0.1, 0.15) is 0 Å². The van der Waals surface area contributed by atoms with Gasteiger partial charge in [-0.2, -0.15) is 0 Å². The maximum Gasteiger partial charge on any atom is 0.236 e. The molecule has 0 aromatic heterocycles. The van der Waals surface area contributed by atoms with Gasteiger partial charge in [-0.05, 0) is 25.8 Å². The van der Waals surface area contributed by atoms with Crippen LogP contribution in [0.25, 0.3) is 0 Å². The highest BCUT2D eigenvalue weighted by atomic mass is 16.2. The molecule has 0 unspecified atom stereocenters. The van der Waals surface area contributed by atoms with Gasteiger partial charge in [-0.3, -0.25) is 9.69 Å². The lowest BCUT2D eigenvalue weighted by Crippen LogP contribution is -2.51. The van der Waals surface area contributed by atoms with Crippen molar-refractivity contribution < 1.29 is 4.79 Å². The number of likely N-dealkylation sites (N-methyl/N-ethyl adjacent to an activating group) is 1. The fourth-order valence-electron chi connectivity index (χ4n) is 3.46. The van der Waals surface area contributed by atoms with Crippen LogP contribution < -0.4 is 0 Å². The first-order valence-corrected chi connectivity index (χ1v) is 8.41. The molecular weight excluding hydrogens is 250 g/mol. The second kappa shape index (κ2) is 7.99. The van der Waals surface area contributed by atoms with E-state index in [1.807, 2.05) is 11.9 Å². The zero-order valence-electron chi connectivity index (χ0n) is 13.3. The van der Waals surface area contributed by atoms with Crippen LogP contribution in [0.2, 0.25) is 0 Å². The van der Waals surface area contributed by atoms with Crippen molar-refractivity contribution in [2.75, 3.05) is 46.3 Å². The number of carbonyl (C=O) groups excluding carboxylic acids is 1. The summed E-state index contributed by atoms with van der Waals surface area (Å²) in [5, 5.41) is 0. The van der Waals surface area contributed by atoms with Crippen molar-refractivity contribution >= 4 is 5.91 Å². The van der Waals surface area contributed by atoms with E-state index in [9.17, 15) is 4.79 Å². The molecule has 1 saturated carbocycles. The molecule has 0 bridgehead atoms. The van der Waals surface area contributed by atoms with Gasteiger partial charge >= 0.3 is 0 Å². The van der Waals surface area contributed by atoms with Gasteiger partial charge in [0.15, 0.2) is 0 Å². The van der Waals surface area contributed by atoms with Crippen LogP contribution in [0.4, 0.5) is 0 Å². The highest BCUT2D eigenvalue weighted by molar-refractivity contribution is 5.78. The van der Waals surface area contributed by atoms with Crippen molar-refractivity contribution in [1.29, 1.82) is 0 Å². The minimum absolute atomic E-state index is 0.320. The van der Waals surface area contributed by atoms with E-state index in [1.54, 1.807) is 0 Å². The lowest BCUT2D eigenvalue weighted by atomic mass is 9.94. The van der Waals surface area contributed by atoms with Crippen LogP contribution in [0.5, 0.6) is 0 Å². The van der Waals surface area contributed by atoms with Gasteiger partial charge in [0, 0.05) is 39.3 Å². The molecule has 4 heteroatoms. The Kier molecular flexibility index (Phi) is 6.30. The van der Waals surface area contributed by atoms with Crippen LogP contribution in [0.3, 0.4) is 0 Å². The molecule has 2 rings (SSSR count). The highest BCUT2D eigenvalue weighted by Crippen LogP contribution is 2.21. The second-order valence-corrected chi connectivity index (χ2v) is 6.41. The largest absolute Gasteiger partial charge is 0.342 e. The summed E-state index contributed by atoms with van der Waals surface area (Å²) in [6.45, 7) is 8.38. The number of carbonyl (C=O) groups is 1. The van der Waals surface area contributed by atoms with Crippen LogP contribution >= 0.6 is 0 Å². The van der Waals surface area contributed by atoms with E-state index in [1.165, 1.54) is 45.1 Å². The lowest BCUT2D eigenvalue weighted by Gasteiger charge is -2.36. The molecule has 4 nitrogen and oxygen atoms in total. The number of rotatable bonds is 5. The summed E-state index contributed by atoms with van der Waals surface area (Å²) in [4.78, 5) is 19.2. The maximum atomic E-state index is 12.4. The Bertz CT molecular complexity index is 294. The zero-order valence-corrected chi connectivity index (χ0v) is 13.3. The summed E-state index contributed by atoms with van der Waals surface area (Å²) in [6.07, 6.45) is 7.55. The second-order valence-electron chi connectivity index (χ2n) is 6.41. The first-order valence-electron chi connectivity index (χ1n) is 8.41. The van der Waals surface area contributed by atoms with E-state index in [2.05, 4.69) is 16.7 Å².